The third kappa shape index (κ3) is 4.88. The highest BCUT2D eigenvalue weighted by Crippen LogP contribution is 2.23. The largest absolute Gasteiger partial charge is 0.487 e. The molecule has 0 saturated carbocycles. The predicted molar refractivity (Wildman–Crippen MR) is 92.8 cm³/mol. The van der Waals surface area contributed by atoms with Crippen molar-refractivity contribution in [2.75, 3.05) is 26.2 Å². The van der Waals surface area contributed by atoms with E-state index in [4.69, 9.17) is 4.74 Å². The first-order valence-corrected chi connectivity index (χ1v) is 8.32. The van der Waals surface area contributed by atoms with E-state index in [1.165, 1.54) is 16.7 Å². The minimum Gasteiger partial charge on any atom is -0.487 e. The lowest BCUT2D eigenvalue weighted by Crippen LogP contribution is -3.12. The van der Waals surface area contributed by atoms with Crippen LogP contribution in [-0.4, -0.2) is 26.2 Å². The van der Waals surface area contributed by atoms with Gasteiger partial charge in [0.2, 0.25) is 0 Å². The summed E-state index contributed by atoms with van der Waals surface area (Å²) in [6.45, 7) is 10.7. The first-order chi connectivity index (χ1) is 10.7. The lowest BCUT2D eigenvalue weighted by atomic mass is 10.0. The number of rotatable bonds is 8. The Morgan fingerprint density at radius 2 is 1.68 bits per heavy atom. The molecule has 0 unspecified atom stereocenters. The Balaban J connectivity index is 2.04. The molecule has 0 bridgehead atoms. The molecule has 2 nitrogen and oxygen atoms in total. The average molecular weight is 298 g/mol. The molecule has 0 heterocycles. The topological polar surface area (TPSA) is 13.7 Å². The van der Waals surface area contributed by atoms with Crippen LogP contribution < -0.4 is 9.64 Å². The second kappa shape index (κ2) is 8.60. The average Bonchev–Trinajstić information content (AvgIpc) is 2.54. The van der Waals surface area contributed by atoms with Gasteiger partial charge >= 0.3 is 0 Å². The SMILES string of the molecule is CC[NH+](CC)CCOc1ccc(C)cc1Cc1ccccc1. The van der Waals surface area contributed by atoms with Gasteiger partial charge in [0.1, 0.15) is 18.9 Å². The number of aryl methyl sites for hydroxylation is 1. The van der Waals surface area contributed by atoms with Crippen LogP contribution in [0, 0.1) is 6.92 Å². The number of hydrogen-bond acceptors (Lipinski definition) is 1. The van der Waals surface area contributed by atoms with Gasteiger partial charge in [0.15, 0.2) is 0 Å². The van der Waals surface area contributed by atoms with Crippen molar-refractivity contribution < 1.29 is 9.64 Å². The lowest BCUT2D eigenvalue weighted by Gasteiger charge is -2.17. The third-order valence-corrected chi connectivity index (χ3v) is 4.17. The zero-order chi connectivity index (χ0) is 15.8. The minimum atomic E-state index is 0.780. The molecule has 0 aliphatic carbocycles. The molecule has 22 heavy (non-hydrogen) atoms. The Morgan fingerprint density at radius 1 is 0.955 bits per heavy atom. The van der Waals surface area contributed by atoms with E-state index in [0.717, 1.165) is 38.4 Å². The van der Waals surface area contributed by atoms with Gasteiger partial charge < -0.3 is 9.64 Å². The van der Waals surface area contributed by atoms with E-state index in [9.17, 15) is 0 Å². The Morgan fingerprint density at radius 3 is 2.36 bits per heavy atom. The molecule has 0 spiro atoms. The molecular weight excluding hydrogens is 270 g/mol. The van der Waals surface area contributed by atoms with Crippen molar-refractivity contribution in [1.82, 2.24) is 0 Å². The van der Waals surface area contributed by atoms with E-state index in [2.05, 4.69) is 69.3 Å². The second-order valence-electron chi connectivity index (χ2n) is 5.83. The zero-order valence-corrected chi connectivity index (χ0v) is 14.1. The van der Waals surface area contributed by atoms with Crippen LogP contribution in [0.4, 0.5) is 0 Å². The maximum absolute atomic E-state index is 6.08. The normalized spacial score (nSPS) is 10.9. The van der Waals surface area contributed by atoms with Crippen molar-refractivity contribution in [3.05, 3.63) is 65.2 Å². The summed E-state index contributed by atoms with van der Waals surface area (Å²) in [7, 11) is 0. The van der Waals surface area contributed by atoms with Gasteiger partial charge in [-0.25, -0.2) is 0 Å². The summed E-state index contributed by atoms with van der Waals surface area (Å²) in [4.78, 5) is 1.58. The van der Waals surface area contributed by atoms with Gasteiger partial charge in [0, 0.05) is 6.42 Å². The quantitative estimate of drug-likeness (QED) is 0.791. The van der Waals surface area contributed by atoms with Gasteiger partial charge in [-0.3, -0.25) is 0 Å². The van der Waals surface area contributed by atoms with Gasteiger partial charge in [-0.2, -0.15) is 0 Å². The Labute approximate surface area is 134 Å². The molecule has 0 radical (unpaired) electrons. The molecule has 118 valence electrons. The molecule has 2 aromatic carbocycles. The van der Waals surface area contributed by atoms with Crippen LogP contribution in [0.5, 0.6) is 5.75 Å². The minimum absolute atomic E-state index is 0.780. The van der Waals surface area contributed by atoms with Gasteiger partial charge in [-0.05, 0) is 38.0 Å². The third-order valence-electron chi connectivity index (χ3n) is 4.17. The molecule has 0 fully saturated rings. The van der Waals surface area contributed by atoms with Crippen LogP contribution >= 0.6 is 0 Å². The summed E-state index contributed by atoms with van der Waals surface area (Å²) in [6.07, 6.45) is 0.927. The van der Waals surface area contributed by atoms with E-state index in [0.29, 0.717) is 0 Å². The summed E-state index contributed by atoms with van der Waals surface area (Å²) in [5, 5.41) is 0. The van der Waals surface area contributed by atoms with Crippen molar-refractivity contribution in [1.29, 1.82) is 0 Å². The number of hydrogen-bond donors (Lipinski definition) is 1. The number of ether oxygens (including phenoxy) is 1. The summed E-state index contributed by atoms with van der Waals surface area (Å²) in [5.41, 5.74) is 3.89. The van der Waals surface area contributed by atoms with Crippen molar-refractivity contribution in [3.63, 3.8) is 0 Å². The van der Waals surface area contributed by atoms with E-state index >= 15 is 0 Å². The number of quaternary nitrogens is 1. The number of benzene rings is 2. The van der Waals surface area contributed by atoms with Crippen LogP contribution in [0.15, 0.2) is 48.5 Å². The van der Waals surface area contributed by atoms with Crippen molar-refractivity contribution >= 4 is 0 Å². The fourth-order valence-electron chi connectivity index (χ4n) is 2.71. The van der Waals surface area contributed by atoms with Gasteiger partial charge in [0.25, 0.3) is 0 Å². The predicted octanol–water partition coefficient (Wildman–Crippen LogP) is 2.89. The zero-order valence-electron chi connectivity index (χ0n) is 14.1. The van der Waals surface area contributed by atoms with E-state index < -0.39 is 0 Å². The number of likely N-dealkylation sites (N-methyl/N-ethyl adjacent to an activating group) is 1. The smallest absolute Gasteiger partial charge is 0.137 e. The Hall–Kier alpha value is -1.80. The lowest BCUT2D eigenvalue weighted by molar-refractivity contribution is -0.896. The molecule has 2 rings (SSSR count). The van der Waals surface area contributed by atoms with Crippen LogP contribution in [0.25, 0.3) is 0 Å². The maximum atomic E-state index is 6.08. The maximum Gasteiger partial charge on any atom is 0.137 e. The van der Waals surface area contributed by atoms with Crippen LogP contribution in [-0.2, 0) is 6.42 Å². The molecule has 1 N–H and O–H groups in total. The molecule has 0 aliphatic rings. The fourth-order valence-corrected chi connectivity index (χ4v) is 2.71. The fraction of sp³-hybridized carbons (Fsp3) is 0.400. The molecule has 0 amide bonds. The summed E-state index contributed by atoms with van der Waals surface area (Å²) >= 11 is 0. The van der Waals surface area contributed by atoms with Gasteiger partial charge in [-0.1, -0.05) is 48.0 Å². The van der Waals surface area contributed by atoms with Crippen molar-refractivity contribution in [2.24, 2.45) is 0 Å². The standard InChI is InChI=1S/C20H27NO/c1-4-21(5-2)13-14-22-20-12-11-17(3)15-19(20)16-18-9-7-6-8-10-18/h6-12,15H,4-5,13-14,16H2,1-3H3/p+1. The van der Waals surface area contributed by atoms with Gasteiger partial charge in [0.05, 0.1) is 13.1 Å². The highest BCUT2D eigenvalue weighted by molar-refractivity contribution is 5.40. The summed E-state index contributed by atoms with van der Waals surface area (Å²) in [5.74, 6) is 1.03. The Bertz CT molecular complexity index is 561. The molecule has 2 heteroatoms. The van der Waals surface area contributed by atoms with Crippen LogP contribution in [0.3, 0.4) is 0 Å². The van der Waals surface area contributed by atoms with E-state index in [1.807, 2.05) is 0 Å². The molecule has 2 aromatic rings. The van der Waals surface area contributed by atoms with E-state index in [-0.39, 0.29) is 0 Å². The van der Waals surface area contributed by atoms with Crippen molar-refractivity contribution in [3.8, 4) is 5.75 Å². The molecule has 0 aromatic heterocycles. The highest BCUT2D eigenvalue weighted by Gasteiger charge is 2.07. The van der Waals surface area contributed by atoms with E-state index in [1.54, 1.807) is 4.90 Å². The second-order valence-corrected chi connectivity index (χ2v) is 5.83. The van der Waals surface area contributed by atoms with Gasteiger partial charge in [-0.15, -0.1) is 0 Å². The van der Waals surface area contributed by atoms with Crippen LogP contribution in [0.1, 0.15) is 30.5 Å². The summed E-state index contributed by atoms with van der Waals surface area (Å²) < 4.78 is 6.08. The number of nitrogens with one attached hydrogen (secondary N) is 1. The molecule has 0 saturated heterocycles. The molecule has 0 atom stereocenters. The highest BCUT2D eigenvalue weighted by atomic mass is 16.5. The Kier molecular flexibility index (Phi) is 6.47. The van der Waals surface area contributed by atoms with Crippen molar-refractivity contribution in [2.45, 2.75) is 27.2 Å². The van der Waals surface area contributed by atoms with Crippen LogP contribution in [0.2, 0.25) is 0 Å². The molecule has 0 aliphatic heterocycles. The first kappa shape index (κ1) is 16.6. The monoisotopic (exact) mass is 298 g/mol. The first-order valence-electron chi connectivity index (χ1n) is 8.32. The summed E-state index contributed by atoms with van der Waals surface area (Å²) in [6, 6.07) is 17.1. The molecular formula is C20H28NO+.